The monoisotopic (exact) mass is 394 g/mol. The molecule has 0 bridgehead atoms. The molecule has 1 fully saturated rings. The molecule has 1 aromatic heterocycles. The first-order valence-corrected chi connectivity index (χ1v) is 11.2. The van der Waals surface area contributed by atoms with E-state index in [4.69, 9.17) is 0 Å². The number of carbonyl (C=O) groups is 1. The van der Waals surface area contributed by atoms with Crippen LogP contribution in [0.4, 0.5) is 5.69 Å². The number of hydrogen-bond acceptors (Lipinski definition) is 6. The largest absolute Gasteiger partial charge is 0.315 e. The van der Waals surface area contributed by atoms with Gasteiger partial charge in [-0.3, -0.25) is 4.79 Å². The van der Waals surface area contributed by atoms with E-state index >= 15 is 0 Å². The van der Waals surface area contributed by atoms with Gasteiger partial charge < -0.3 is 9.47 Å². The second-order valence-electron chi connectivity index (χ2n) is 6.51. The van der Waals surface area contributed by atoms with E-state index in [1.807, 2.05) is 41.9 Å². The highest BCUT2D eigenvalue weighted by molar-refractivity contribution is 7.99. The van der Waals surface area contributed by atoms with Crippen molar-refractivity contribution in [3.05, 3.63) is 36.2 Å². The molecule has 1 atom stereocenters. The number of amides is 1. The fourth-order valence-corrected chi connectivity index (χ4v) is 5.66. The molecule has 1 amide bonds. The maximum Gasteiger partial charge on any atom is 0.237 e. The van der Waals surface area contributed by atoms with Crippen molar-refractivity contribution in [1.29, 1.82) is 0 Å². The molecular weight excluding hydrogens is 372 g/mol. The predicted molar refractivity (Wildman–Crippen MR) is 102 cm³/mol. The maximum atomic E-state index is 12.4. The number of nitrogens with zero attached hydrogens (tertiary/aromatic N) is 4. The van der Waals surface area contributed by atoms with Crippen LogP contribution in [0, 0.1) is 5.92 Å². The highest BCUT2D eigenvalue weighted by atomic mass is 32.2. The Labute approximate surface area is 157 Å². The first-order chi connectivity index (χ1) is 12.4. The zero-order valence-corrected chi connectivity index (χ0v) is 16.5. The van der Waals surface area contributed by atoms with Crippen LogP contribution < -0.4 is 4.90 Å². The van der Waals surface area contributed by atoms with Gasteiger partial charge in [-0.1, -0.05) is 30.0 Å². The second kappa shape index (κ2) is 7.79. The minimum Gasteiger partial charge on any atom is -0.315 e. The van der Waals surface area contributed by atoms with Crippen LogP contribution in [0.25, 0.3) is 0 Å². The Balaban J connectivity index is 1.57. The van der Waals surface area contributed by atoms with Crippen molar-refractivity contribution in [2.24, 2.45) is 13.0 Å². The maximum absolute atomic E-state index is 12.4. The van der Waals surface area contributed by atoms with Crippen LogP contribution in [0.3, 0.4) is 0 Å². The lowest BCUT2D eigenvalue weighted by Crippen LogP contribution is -2.27. The second-order valence-corrected chi connectivity index (χ2v) is 9.68. The molecule has 1 aromatic carbocycles. The summed E-state index contributed by atoms with van der Waals surface area (Å²) in [5, 5.41) is 9.00. The Morgan fingerprint density at radius 1 is 1.31 bits per heavy atom. The Morgan fingerprint density at radius 2 is 2.04 bits per heavy atom. The lowest BCUT2D eigenvalue weighted by atomic mass is 10.1. The Bertz CT molecular complexity index is 881. The topological polar surface area (TPSA) is 85.2 Å². The lowest BCUT2D eigenvalue weighted by Gasteiger charge is -2.16. The number of sulfone groups is 1. The van der Waals surface area contributed by atoms with Crippen molar-refractivity contribution < 1.29 is 13.2 Å². The van der Waals surface area contributed by atoms with E-state index in [1.54, 1.807) is 11.9 Å². The number of benzene rings is 1. The van der Waals surface area contributed by atoms with Crippen LogP contribution in [-0.4, -0.2) is 53.4 Å². The van der Waals surface area contributed by atoms with Gasteiger partial charge in [0.2, 0.25) is 5.91 Å². The van der Waals surface area contributed by atoms with E-state index in [0.717, 1.165) is 11.5 Å². The number of anilines is 1. The smallest absolute Gasteiger partial charge is 0.237 e. The molecular formula is C17H22N4O3S2. The summed E-state index contributed by atoms with van der Waals surface area (Å²) < 4.78 is 25.0. The molecule has 3 rings (SSSR count). The Hall–Kier alpha value is -1.87. The summed E-state index contributed by atoms with van der Waals surface area (Å²) in [5.74, 6) is 1.59. The molecule has 0 unspecified atom stereocenters. The van der Waals surface area contributed by atoms with Crippen LogP contribution in [0.15, 0.2) is 35.5 Å². The van der Waals surface area contributed by atoms with Gasteiger partial charge in [-0.2, -0.15) is 0 Å². The van der Waals surface area contributed by atoms with Crippen molar-refractivity contribution in [3.8, 4) is 0 Å². The summed E-state index contributed by atoms with van der Waals surface area (Å²) in [6.45, 7) is 0. The van der Waals surface area contributed by atoms with Gasteiger partial charge in [0.25, 0.3) is 0 Å². The summed E-state index contributed by atoms with van der Waals surface area (Å²) in [6, 6.07) is 9.47. The summed E-state index contributed by atoms with van der Waals surface area (Å²) in [7, 11) is 0.713. The van der Waals surface area contributed by atoms with Gasteiger partial charge in [0, 0.05) is 26.2 Å². The SMILES string of the molecule is CN(C(=O)CSc1nnc(C[C@@H]2CCS(=O)(=O)C2)n1C)c1ccccc1. The number of para-hydroxylation sites is 1. The van der Waals surface area contributed by atoms with Crippen LogP contribution in [-0.2, 0) is 28.1 Å². The van der Waals surface area contributed by atoms with Crippen LogP contribution in [0.1, 0.15) is 12.2 Å². The zero-order valence-electron chi connectivity index (χ0n) is 14.8. The van der Waals surface area contributed by atoms with E-state index in [2.05, 4.69) is 10.2 Å². The van der Waals surface area contributed by atoms with Gasteiger partial charge in [0.1, 0.15) is 5.82 Å². The number of thioether (sulfide) groups is 1. The van der Waals surface area contributed by atoms with Crippen molar-refractivity contribution >= 4 is 33.2 Å². The lowest BCUT2D eigenvalue weighted by molar-refractivity contribution is -0.115. The molecule has 2 heterocycles. The molecule has 26 heavy (non-hydrogen) atoms. The fraction of sp³-hybridized carbons (Fsp3) is 0.471. The van der Waals surface area contributed by atoms with Gasteiger partial charge in [-0.15, -0.1) is 10.2 Å². The standard InChI is InChI=1S/C17H22N4O3S2/c1-20(14-6-4-3-5-7-14)16(22)11-25-17-19-18-15(21(17)2)10-13-8-9-26(23,24)12-13/h3-7,13H,8-12H2,1-2H3/t13-/m0/s1. The van der Waals surface area contributed by atoms with Gasteiger partial charge in [0.05, 0.1) is 17.3 Å². The summed E-state index contributed by atoms with van der Waals surface area (Å²) in [4.78, 5) is 14.0. The summed E-state index contributed by atoms with van der Waals surface area (Å²) in [5.41, 5.74) is 0.846. The highest BCUT2D eigenvalue weighted by Crippen LogP contribution is 2.24. The van der Waals surface area contributed by atoms with E-state index in [1.165, 1.54) is 11.8 Å². The quantitative estimate of drug-likeness (QED) is 0.691. The normalized spacial score (nSPS) is 18.8. The molecule has 1 aliphatic rings. The number of hydrogen-bond donors (Lipinski definition) is 0. The molecule has 0 N–H and O–H groups in total. The predicted octanol–water partition coefficient (Wildman–Crippen LogP) is 1.55. The molecule has 9 heteroatoms. The van der Waals surface area contributed by atoms with E-state index in [-0.39, 0.29) is 29.1 Å². The molecule has 7 nitrogen and oxygen atoms in total. The van der Waals surface area contributed by atoms with Crippen LogP contribution in [0.5, 0.6) is 0 Å². The number of rotatable bonds is 6. The van der Waals surface area contributed by atoms with E-state index in [0.29, 0.717) is 18.0 Å². The summed E-state index contributed by atoms with van der Waals surface area (Å²) >= 11 is 1.34. The zero-order chi connectivity index (χ0) is 18.7. The number of aromatic nitrogens is 3. The third-order valence-corrected chi connectivity index (χ3v) is 7.41. The molecule has 1 aliphatic heterocycles. The van der Waals surface area contributed by atoms with Crippen molar-refractivity contribution in [2.75, 3.05) is 29.2 Å². The minimum atomic E-state index is -2.89. The van der Waals surface area contributed by atoms with Gasteiger partial charge in [-0.25, -0.2) is 8.42 Å². The molecule has 2 aromatic rings. The first-order valence-electron chi connectivity index (χ1n) is 8.39. The van der Waals surface area contributed by atoms with Gasteiger partial charge in [-0.05, 0) is 24.5 Å². The molecule has 0 saturated carbocycles. The molecule has 1 saturated heterocycles. The fourth-order valence-electron chi connectivity index (χ4n) is 2.96. The average molecular weight is 395 g/mol. The van der Waals surface area contributed by atoms with Crippen molar-refractivity contribution in [1.82, 2.24) is 14.8 Å². The summed E-state index contributed by atoms with van der Waals surface area (Å²) in [6.07, 6.45) is 1.28. The first kappa shape index (κ1) is 18.9. The molecule has 140 valence electrons. The molecule has 0 aliphatic carbocycles. The van der Waals surface area contributed by atoms with Crippen molar-refractivity contribution in [2.45, 2.75) is 18.0 Å². The third-order valence-electron chi connectivity index (χ3n) is 4.57. The van der Waals surface area contributed by atoms with Crippen LogP contribution in [0.2, 0.25) is 0 Å². The van der Waals surface area contributed by atoms with E-state index < -0.39 is 9.84 Å². The minimum absolute atomic E-state index is 0.0207. The molecule has 0 radical (unpaired) electrons. The van der Waals surface area contributed by atoms with Gasteiger partial charge in [0.15, 0.2) is 15.0 Å². The number of carbonyl (C=O) groups excluding carboxylic acids is 1. The Morgan fingerprint density at radius 3 is 2.69 bits per heavy atom. The van der Waals surface area contributed by atoms with E-state index in [9.17, 15) is 13.2 Å². The van der Waals surface area contributed by atoms with Gasteiger partial charge >= 0.3 is 0 Å². The van der Waals surface area contributed by atoms with Crippen LogP contribution >= 0.6 is 11.8 Å². The Kier molecular flexibility index (Phi) is 5.67. The third kappa shape index (κ3) is 4.45. The highest BCUT2D eigenvalue weighted by Gasteiger charge is 2.29. The van der Waals surface area contributed by atoms with Crippen molar-refractivity contribution in [3.63, 3.8) is 0 Å². The average Bonchev–Trinajstić information content (AvgIpc) is 3.15. The molecule has 0 spiro atoms.